The number of halogens is 3. The van der Waals surface area contributed by atoms with Crippen LogP contribution in [0, 0.1) is 11.6 Å². The summed E-state index contributed by atoms with van der Waals surface area (Å²) in [5.41, 5.74) is 1.41. The van der Waals surface area contributed by atoms with Gasteiger partial charge in [0.2, 0.25) is 11.6 Å². The summed E-state index contributed by atoms with van der Waals surface area (Å²) in [5, 5.41) is 0. The van der Waals surface area contributed by atoms with Crippen molar-refractivity contribution < 1.29 is 18.4 Å². The maximum atomic E-state index is 14.3. The second-order valence-corrected chi connectivity index (χ2v) is 13.0. The van der Waals surface area contributed by atoms with E-state index in [1.807, 2.05) is 6.07 Å². The highest BCUT2D eigenvalue weighted by Gasteiger charge is 2.38. The maximum absolute atomic E-state index is 14.3. The van der Waals surface area contributed by atoms with Crippen molar-refractivity contribution in [3.05, 3.63) is 72.4 Å². The molecule has 0 saturated carbocycles. The fraction of sp³-hybridized carbons (Fsp3) is 0.400. The standard InChI is InChI=1S/C30H31BrF2O2S2/c1-3-5-7-9-11-18-15-20(17-21-27(34)25-22(32)13-14-23(33)26(25)28(21)35)36-29(18)24-16-19(30(31)37-24)12-10-8-6-4-2/h13-17H,3-12H2,1-2H3. The molecular weight excluding hydrogens is 574 g/mol. The van der Waals surface area contributed by atoms with Crippen LogP contribution in [0.25, 0.3) is 15.8 Å². The number of Topliss-reactive ketones (excluding diaryl/α,β-unsaturated/α-hetero) is 2. The van der Waals surface area contributed by atoms with Gasteiger partial charge in [0, 0.05) is 14.6 Å². The smallest absolute Gasteiger partial charge is 0.200 e. The third kappa shape index (κ3) is 6.21. The van der Waals surface area contributed by atoms with Crippen LogP contribution in [0.3, 0.4) is 0 Å². The van der Waals surface area contributed by atoms with Crippen LogP contribution < -0.4 is 0 Å². The van der Waals surface area contributed by atoms with Crippen molar-refractivity contribution >= 4 is 56.2 Å². The van der Waals surface area contributed by atoms with Gasteiger partial charge in [-0.15, -0.1) is 22.7 Å². The van der Waals surface area contributed by atoms with Crippen molar-refractivity contribution in [2.75, 3.05) is 0 Å². The summed E-state index contributed by atoms with van der Waals surface area (Å²) < 4.78 is 29.8. The molecule has 0 spiro atoms. The maximum Gasteiger partial charge on any atom is 0.200 e. The summed E-state index contributed by atoms with van der Waals surface area (Å²) in [4.78, 5) is 28.8. The van der Waals surface area contributed by atoms with Crippen LogP contribution in [0.1, 0.15) is 102 Å². The minimum atomic E-state index is -0.864. The fourth-order valence-electron chi connectivity index (χ4n) is 4.73. The first-order valence-corrected chi connectivity index (χ1v) is 15.5. The summed E-state index contributed by atoms with van der Waals surface area (Å²) in [7, 11) is 0. The van der Waals surface area contributed by atoms with E-state index >= 15 is 0 Å². The Kier molecular flexibility index (Phi) is 9.65. The minimum Gasteiger partial charge on any atom is -0.288 e. The SMILES string of the molecule is CCCCCCc1cc(-c2sc(C=C3C(=O)c4c(F)ccc(F)c4C3=O)cc2CCCCCC)sc1Br. The van der Waals surface area contributed by atoms with Crippen LogP contribution in [0.15, 0.2) is 33.6 Å². The molecule has 0 fully saturated rings. The molecule has 0 bridgehead atoms. The molecule has 1 aliphatic rings. The molecule has 37 heavy (non-hydrogen) atoms. The van der Waals surface area contributed by atoms with Crippen LogP contribution in [0.2, 0.25) is 0 Å². The second-order valence-electron chi connectivity index (χ2n) is 9.53. The van der Waals surface area contributed by atoms with E-state index in [4.69, 9.17) is 0 Å². The third-order valence-electron chi connectivity index (χ3n) is 6.74. The number of carbonyl (C=O) groups excluding carboxylic acids is 2. The molecule has 0 atom stereocenters. The van der Waals surface area contributed by atoms with Gasteiger partial charge in [-0.1, -0.05) is 52.4 Å². The number of carbonyl (C=O) groups is 2. The van der Waals surface area contributed by atoms with Crippen LogP contribution >= 0.6 is 38.6 Å². The minimum absolute atomic E-state index is 0.173. The first-order chi connectivity index (χ1) is 17.8. The molecule has 1 aliphatic carbocycles. The molecular formula is C30H31BrF2O2S2. The average Bonchev–Trinajstić information content (AvgIpc) is 3.52. The summed E-state index contributed by atoms with van der Waals surface area (Å²) in [6, 6.07) is 6.08. The number of fused-ring (bicyclic) bond motifs is 1. The zero-order valence-electron chi connectivity index (χ0n) is 21.2. The molecule has 2 aromatic heterocycles. The molecule has 0 N–H and O–H groups in total. The predicted molar refractivity (Wildman–Crippen MR) is 154 cm³/mol. The van der Waals surface area contributed by atoms with Gasteiger partial charge in [0.1, 0.15) is 11.6 Å². The predicted octanol–water partition coefficient (Wildman–Crippen LogP) is 10.2. The number of aryl methyl sites for hydroxylation is 2. The number of allylic oxidation sites excluding steroid dienone is 1. The molecule has 3 aromatic rings. The summed E-state index contributed by atoms with van der Waals surface area (Å²) in [6.45, 7) is 4.40. The Morgan fingerprint density at radius 1 is 0.784 bits per heavy atom. The van der Waals surface area contributed by atoms with Gasteiger partial charge in [0.25, 0.3) is 0 Å². The summed E-state index contributed by atoms with van der Waals surface area (Å²) in [5.74, 6) is -3.22. The number of unbranched alkanes of at least 4 members (excludes halogenated alkanes) is 6. The van der Waals surface area contributed by atoms with Crippen molar-refractivity contribution in [3.63, 3.8) is 0 Å². The van der Waals surface area contributed by atoms with E-state index < -0.39 is 34.3 Å². The summed E-state index contributed by atoms with van der Waals surface area (Å²) >= 11 is 7.00. The molecule has 0 radical (unpaired) electrons. The molecule has 0 aliphatic heterocycles. The molecule has 0 saturated heterocycles. The lowest BCUT2D eigenvalue weighted by atomic mass is 10.0. The Bertz CT molecular complexity index is 1290. The van der Waals surface area contributed by atoms with E-state index in [2.05, 4.69) is 35.8 Å². The number of rotatable bonds is 12. The lowest BCUT2D eigenvalue weighted by Crippen LogP contribution is -2.00. The van der Waals surface area contributed by atoms with E-state index in [1.165, 1.54) is 59.1 Å². The van der Waals surface area contributed by atoms with Gasteiger partial charge in [-0.05, 0) is 83.1 Å². The topological polar surface area (TPSA) is 34.1 Å². The Morgan fingerprint density at radius 3 is 1.92 bits per heavy atom. The lowest BCUT2D eigenvalue weighted by molar-refractivity contribution is 0.0989. The Labute approximate surface area is 233 Å². The van der Waals surface area contributed by atoms with E-state index in [-0.39, 0.29) is 5.57 Å². The van der Waals surface area contributed by atoms with Crippen molar-refractivity contribution in [2.45, 2.75) is 78.1 Å². The monoisotopic (exact) mass is 604 g/mol. The molecule has 0 amide bonds. The number of hydrogen-bond donors (Lipinski definition) is 0. The Hall–Kier alpha value is -1.96. The normalized spacial score (nSPS) is 13.1. The molecule has 4 rings (SSSR count). The van der Waals surface area contributed by atoms with Gasteiger partial charge < -0.3 is 0 Å². The molecule has 1 aromatic carbocycles. The van der Waals surface area contributed by atoms with Gasteiger partial charge in [0.05, 0.1) is 20.5 Å². The van der Waals surface area contributed by atoms with Crippen LogP contribution in [0.5, 0.6) is 0 Å². The first kappa shape index (κ1) is 28.1. The average molecular weight is 606 g/mol. The highest BCUT2D eigenvalue weighted by atomic mass is 79.9. The van der Waals surface area contributed by atoms with Crippen LogP contribution in [-0.2, 0) is 12.8 Å². The highest BCUT2D eigenvalue weighted by Crippen LogP contribution is 2.43. The number of hydrogen-bond acceptors (Lipinski definition) is 4. The molecule has 7 heteroatoms. The van der Waals surface area contributed by atoms with Crippen molar-refractivity contribution in [1.82, 2.24) is 0 Å². The van der Waals surface area contributed by atoms with Crippen LogP contribution in [-0.4, -0.2) is 11.6 Å². The van der Waals surface area contributed by atoms with E-state index in [9.17, 15) is 18.4 Å². The number of thiophene rings is 2. The molecule has 0 unspecified atom stereocenters. The highest BCUT2D eigenvalue weighted by molar-refractivity contribution is 9.11. The number of benzene rings is 1. The van der Waals surface area contributed by atoms with Crippen molar-refractivity contribution in [1.29, 1.82) is 0 Å². The number of ketones is 2. The van der Waals surface area contributed by atoms with Crippen molar-refractivity contribution in [2.24, 2.45) is 0 Å². The quantitative estimate of drug-likeness (QED) is 0.117. The zero-order valence-corrected chi connectivity index (χ0v) is 24.4. The Balaban J connectivity index is 1.66. The fourth-order valence-corrected chi connectivity index (χ4v) is 7.79. The van der Waals surface area contributed by atoms with Gasteiger partial charge in [-0.25, -0.2) is 8.78 Å². The first-order valence-electron chi connectivity index (χ1n) is 13.1. The Morgan fingerprint density at radius 2 is 1.35 bits per heavy atom. The van der Waals surface area contributed by atoms with Crippen LogP contribution in [0.4, 0.5) is 8.78 Å². The van der Waals surface area contributed by atoms with Crippen molar-refractivity contribution in [3.8, 4) is 9.75 Å². The van der Waals surface area contributed by atoms with Gasteiger partial charge >= 0.3 is 0 Å². The van der Waals surface area contributed by atoms with Gasteiger partial charge in [-0.3, -0.25) is 9.59 Å². The molecule has 2 heterocycles. The third-order valence-corrected chi connectivity index (χ3v) is 10.0. The van der Waals surface area contributed by atoms with E-state index in [1.54, 1.807) is 11.3 Å². The lowest BCUT2D eigenvalue weighted by Gasteiger charge is -2.02. The zero-order chi connectivity index (χ0) is 26.5. The van der Waals surface area contributed by atoms with E-state index in [0.717, 1.165) is 64.2 Å². The second kappa shape index (κ2) is 12.7. The van der Waals surface area contributed by atoms with E-state index in [0.29, 0.717) is 0 Å². The molecule has 2 nitrogen and oxygen atoms in total. The summed E-state index contributed by atoms with van der Waals surface area (Å²) in [6.07, 6.45) is 12.8. The molecule has 196 valence electrons. The van der Waals surface area contributed by atoms with Gasteiger partial charge in [0.15, 0.2) is 0 Å². The largest absolute Gasteiger partial charge is 0.288 e. The van der Waals surface area contributed by atoms with Gasteiger partial charge in [-0.2, -0.15) is 0 Å².